The van der Waals surface area contributed by atoms with Gasteiger partial charge in [-0.2, -0.15) is 0 Å². The van der Waals surface area contributed by atoms with Crippen molar-refractivity contribution in [2.75, 3.05) is 11.1 Å². The second kappa shape index (κ2) is 8.01. The van der Waals surface area contributed by atoms with Crippen LogP contribution in [0.15, 0.2) is 48.5 Å². The molecule has 1 amide bonds. The fourth-order valence-electron chi connectivity index (χ4n) is 1.97. The number of anilines is 1. The lowest BCUT2D eigenvalue weighted by Crippen LogP contribution is -2.16. The average Bonchev–Trinajstić information content (AvgIpc) is 2.47. The van der Waals surface area contributed by atoms with Crippen molar-refractivity contribution in [3.05, 3.63) is 64.7 Å². The Morgan fingerprint density at radius 2 is 1.91 bits per heavy atom. The van der Waals surface area contributed by atoms with Gasteiger partial charge in [0.25, 0.3) is 0 Å². The van der Waals surface area contributed by atoms with Gasteiger partial charge in [0.15, 0.2) is 5.78 Å². The number of hydrogen-bond donors (Lipinski definition) is 1. The molecule has 0 aliphatic carbocycles. The zero-order chi connectivity index (χ0) is 15.9. The molecule has 5 heteroatoms. The SMILES string of the molecule is CC(=O)c1ccccc1NC(=O)CSCc1cccc(Cl)c1. The number of nitrogens with one attached hydrogen (secondary N) is 1. The molecule has 0 saturated heterocycles. The summed E-state index contributed by atoms with van der Waals surface area (Å²) in [6, 6.07) is 14.6. The summed E-state index contributed by atoms with van der Waals surface area (Å²) in [5.41, 5.74) is 2.16. The Morgan fingerprint density at radius 1 is 1.14 bits per heavy atom. The van der Waals surface area contributed by atoms with Gasteiger partial charge in [0, 0.05) is 16.3 Å². The summed E-state index contributed by atoms with van der Waals surface area (Å²) in [6.45, 7) is 1.49. The minimum absolute atomic E-state index is 0.0671. The predicted molar refractivity (Wildman–Crippen MR) is 92.7 cm³/mol. The van der Waals surface area contributed by atoms with Gasteiger partial charge in [-0.25, -0.2) is 0 Å². The third-order valence-electron chi connectivity index (χ3n) is 2.97. The van der Waals surface area contributed by atoms with E-state index >= 15 is 0 Å². The van der Waals surface area contributed by atoms with Crippen LogP contribution < -0.4 is 5.32 Å². The monoisotopic (exact) mass is 333 g/mol. The van der Waals surface area contributed by atoms with Crippen molar-refractivity contribution < 1.29 is 9.59 Å². The van der Waals surface area contributed by atoms with Gasteiger partial charge in [0.2, 0.25) is 5.91 Å². The number of halogens is 1. The van der Waals surface area contributed by atoms with E-state index in [0.29, 0.717) is 27.8 Å². The summed E-state index contributed by atoms with van der Waals surface area (Å²) in [7, 11) is 0. The fraction of sp³-hybridized carbons (Fsp3) is 0.176. The maximum absolute atomic E-state index is 12.0. The van der Waals surface area contributed by atoms with Gasteiger partial charge in [0.1, 0.15) is 0 Å². The first-order valence-corrected chi connectivity index (χ1v) is 8.31. The van der Waals surface area contributed by atoms with Gasteiger partial charge >= 0.3 is 0 Å². The molecule has 1 N–H and O–H groups in total. The Bertz CT molecular complexity index is 688. The Kier molecular flexibility index (Phi) is 6.04. The standard InChI is InChI=1S/C17H16ClNO2S/c1-12(20)15-7-2-3-8-16(15)19-17(21)11-22-10-13-5-4-6-14(18)9-13/h2-9H,10-11H2,1H3,(H,19,21). The number of para-hydroxylation sites is 1. The van der Waals surface area contributed by atoms with Gasteiger partial charge in [-0.15, -0.1) is 11.8 Å². The summed E-state index contributed by atoms with van der Waals surface area (Å²) < 4.78 is 0. The van der Waals surface area contributed by atoms with E-state index in [9.17, 15) is 9.59 Å². The number of carbonyl (C=O) groups is 2. The van der Waals surface area contributed by atoms with Crippen molar-refractivity contribution in [1.29, 1.82) is 0 Å². The number of benzene rings is 2. The van der Waals surface area contributed by atoms with E-state index in [0.717, 1.165) is 5.56 Å². The molecular formula is C17H16ClNO2S. The van der Waals surface area contributed by atoms with Crippen LogP contribution >= 0.6 is 23.4 Å². The van der Waals surface area contributed by atoms with Crippen LogP contribution in [0.4, 0.5) is 5.69 Å². The summed E-state index contributed by atoms with van der Waals surface area (Å²) in [5.74, 6) is 0.837. The van der Waals surface area contributed by atoms with Crippen molar-refractivity contribution in [2.45, 2.75) is 12.7 Å². The first kappa shape index (κ1) is 16.6. The Morgan fingerprint density at radius 3 is 2.64 bits per heavy atom. The van der Waals surface area contributed by atoms with E-state index in [2.05, 4.69) is 5.32 Å². The first-order valence-electron chi connectivity index (χ1n) is 6.78. The molecule has 2 rings (SSSR count). The Hall–Kier alpha value is -1.78. The van der Waals surface area contributed by atoms with Gasteiger partial charge < -0.3 is 5.32 Å². The minimum atomic E-state index is -0.124. The molecule has 2 aromatic rings. The highest BCUT2D eigenvalue weighted by Gasteiger charge is 2.09. The highest BCUT2D eigenvalue weighted by atomic mass is 35.5. The molecule has 22 heavy (non-hydrogen) atoms. The van der Waals surface area contributed by atoms with Crippen LogP contribution in [0.25, 0.3) is 0 Å². The van der Waals surface area contributed by atoms with Crippen molar-refractivity contribution >= 4 is 40.7 Å². The number of Topliss-reactive ketones (excluding diaryl/α,β-unsaturated/α-hetero) is 1. The molecule has 0 atom stereocenters. The van der Waals surface area contributed by atoms with E-state index in [1.54, 1.807) is 24.3 Å². The number of ketones is 1. The molecule has 114 valence electrons. The van der Waals surface area contributed by atoms with Crippen LogP contribution in [-0.4, -0.2) is 17.4 Å². The van der Waals surface area contributed by atoms with Gasteiger partial charge in [-0.3, -0.25) is 9.59 Å². The van der Waals surface area contributed by atoms with E-state index in [-0.39, 0.29) is 11.7 Å². The molecule has 0 saturated carbocycles. The Labute approximate surface area is 139 Å². The van der Waals surface area contributed by atoms with E-state index in [1.807, 2.05) is 24.3 Å². The van der Waals surface area contributed by atoms with Crippen LogP contribution in [0.3, 0.4) is 0 Å². The van der Waals surface area contributed by atoms with Gasteiger partial charge in [-0.05, 0) is 36.8 Å². The summed E-state index contributed by atoms with van der Waals surface area (Å²) >= 11 is 7.42. The molecule has 0 bridgehead atoms. The molecule has 0 fully saturated rings. The molecule has 2 aromatic carbocycles. The molecule has 3 nitrogen and oxygen atoms in total. The zero-order valence-corrected chi connectivity index (χ0v) is 13.7. The van der Waals surface area contributed by atoms with Crippen LogP contribution in [0.1, 0.15) is 22.8 Å². The number of thioether (sulfide) groups is 1. The van der Waals surface area contributed by atoms with Gasteiger partial charge in [0.05, 0.1) is 11.4 Å². The smallest absolute Gasteiger partial charge is 0.234 e. The fourth-order valence-corrected chi connectivity index (χ4v) is 2.96. The largest absolute Gasteiger partial charge is 0.325 e. The lowest BCUT2D eigenvalue weighted by Gasteiger charge is -2.09. The number of hydrogen-bond acceptors (Lipinski definition) is 3. The van der Waals surface area contributed by atoms with Crippen molar-refractivity contribution in [2.24, 2.45) is 0 Å². The zero-order valence-electron chi connectivity index (χ0n) is 12.1. The maximum Gasteiger partial charge on any atom is 0.234 e. The summed E-state index contributed by atoms with van der Waals surface area (Å²) in [4.78, 5) is 23.5. The molecule has 0 radical (unpaired) electrons. The van der Waals surface area contributed by atoms with Gasteiger partial charge in [-0.1, -0.05) is 35.9 Å². The number of rotatable bonds is 6. The lowest BCUT2D eigenvalue weighted by molar-refractivity contribution is -0.113. The molecular weight excluding hydrogens is 318 g/mol. The topological polar surface area (TPSA) is 46.2 Å². The van der Waals surface area contributed by atoms with Crippen LogP contribution in [0, 0.1) is 0 Å². The quantitative estimate of drug-likeness (QED) is 0.796. The van der Waals surface area contributed by atoms with E-state index in [1.165, 1.54) is 18.7 Å². The van der Waals surface area contributed by atoms with Crippen LogP contribution in [-0.2, 0) is 10.5 Å². The highest BCUT2D eigenvalue weighted by molar-refractivity contribution is 7.99. The predicted octanol–water partition coefficient (Wildman–Crippen LogP) is 4.41. The average molecular weight is 334 g/mol. The second-order valence-corrected chi connectivity index (χ2v) is 6.19. The number of carbonyl (C=O) groups excluding carboxylic acids is 2. The van der Waals surface area contributed by atoms with E-state index in [4.69, 9.17) is 11.6 Å². The van der Waals surface area contributed by atoms with Crippen molar-refractivity contribution in [1.82, 2.24) is 0 Å². The minimum Gasteiger partial charge on any atom is -0.325 e. The maximum atomic E-state index is 12.0. The molecule has 0 aliphatic rings. The van der Waals surface area contributed by atoms with Crippen molar-refractivity contribution in [3.8, 4) is 0 Å². The molecule has 0 aliphatic heterocycles. The molecule has 0 unspecified atom stereocenters. The van der Waals surface area contributed by atoms with Crippen LogP contribution in [0.5, 0.6) is 0 Å². The Balaban J connectivity index is 1.87. The highest BCUT2D eigenvalue weighted by Crippen LogP contribution is 2.18. The molecule has 0 spiro atoms. The van der Waals surface area contributed by atoms with Crippen molar-refractivity contribution in [3.63, 3.8) is 0 Å². The third kappa shape index (κ3) is 4.90. The second-order valence-electron chi connectivity index (χ2n) is 4.77. The molecule has 0 aromatic heterocycles. The summed E-state index contributed by atoms with van der Waals surface area (Å²) in [6.07, 6.45) is 0. The molecule has 0 heterocycles. The lowest BCUT2D eigenvalue weighted by atomic mass is 10.1. The first-order chi connectivity index (χ1) is 10.6. The van der Waals surface area contributed by atoms with Crippen LogP contribution in [0.2, 0.25) is 5.02 Å². The summed E-state index contributed by atoms with van der Waals surface area (Å²) in [5, 5.41) is 3.48. The third-order valence-corrected chi connectivity index (χ3v) is 4.21. The van der Waals surface area contributed by atoms with E-state index < -0.39 is 0 Å². The number of amides is 1. The normalized spacial score (nSPS) is 10.3.